The predicted octanol–water partition coefficient (Wildman–Crippen LogP) is 3.39. The number of carbonyl (C=O) groups excluding carboxylic acids is 1. The van der Waals surface area contributed by atoms with E-state index in [0.717, 1.165) is 5.56 Å². The van der Waals surface area contributed by atoms with Crippen LogP contribution in [-0.4, -0.2) is 29.1 Å². The fraction of sp³-hybridized carbons (Fsp3) is 0.381. The average molecular weight is 384 g/mol. The van der Waals surface area contributed by atoms with Crippen molar-refractivity contribution in [3.63, 3.8) is 0 Å². The predicted molar refractivity (Wildman–Crippen MR) is 102 cm³/mol. The second-order valence-corrected chi connectivity index (χ2v) is 6.85. The van der Waals surface area contributed by atoms with E-state index in [4.69, 9.17) is 14.6 Å². The second-order valence-electron chi connectivity index (χ2n) is 6.85. The van der Waals surface area contributed by atoms with Crippen LogP contribution in [0.1, 0.15) is 31.2 Å². The number of nitrogens with zero attached hydrogens (tertiary/aromatic N) is 1. The van der Waals surface area contributed by atoms with Gasteiger partial charge < -0.3 is 19.9 Å². The summed E-state index contributed by atoms with van der Waals surface area (Å²) in [5.74, 6) is 0.400. The van der Waals surface area contributed by atoms with E-state index < -0.39 is 5.97 Å². The molecule has 0 spiro atoms. The number of hydrogen-bond acceptors (Lipinski definition) is 5. The normalized spacial score (nSPS) is 18.9. The second kappa shape index (κ2) is 9.21. The van der Waals surface area contributed by atoms with Gasteiger partial charge >= 0.3 is 5.97 Å². The zero-order valence-electron chi connectivity index (χ0n) is 15.8. The van der Waals surface area contributed by atoms with E-state index in [1.807, 2.05) is 18.2 Å². The highest BCUT2D eigenvalue weighted by molar-refractivity contribution is 5.79. The van der Waals surface area contributed by atoms with Crippen molar-refractivity contribution in [2.75, 3.05) is 7.11 Å². The molecular weight excluding hydrogens is 360 g/mol. The smallest absolute Gasteiger partial charge is 0.306 e. The first-order chi connectivity index (χ1) is 13.6. The summed E-state index contributed by atoms with van der Waals surface area (Å²) in [6, 6.07) is 10.9. The number of aromatic nitrogens is 1. The fourth-order valence-electron chi connectivity index (χ4n) is 3.36. The quantitative estimate of drug-likeness (QED) is 0.759. The number of carboxylic acid groups (broad SMARTS) is 1. The third kappa shape index (κ3) is 5.00. The summed E-state index contributed by atoms with van der Waals surface area (Å²) in [4.78, 5) is 27.8. The Hall–Kier alpha value is -3.09. The van der Waals surface area contributed by atoms with Crippen molar-refractivity contribution < 1.29 is 24.2 Å². The van der Waals surface area contributed by atoms with Crippen molar-refractivity contribution in [1.29, 1.82) is 0 Å². The minimum atomic E-state index is -0.770. The van der Waals surface area contributed by atoms with E-state index in [0.29, 0.717) is 49.6 Å². The number of methoxy groups -OCH3 is 1. The fourth-order valence-corrected chi connectivity index (χ4v) is 3.36. The van der Waals surface area contributed by atoms with E-state index in [2.05, 4.69) is 10.3 Å². The van der Waals surface area contributed by atoms with Gasteiger partial charge in [0, 0.05) is 30.3 Å². The molecule has 1 saturated carbocycles. The van der Waals surface area contributed by atoms with Crippen molar-refractivity contribution in [2.24, 2.45) is 11.8 Å². The number of benzene rings is 1. The molecule has 7 nitrogen and oxygen atoms in total. The van der Waals surface area contributed by atoms with Crippen LogP contribution in [0.3, 0.4) is 0 Å². The summed E-state index contributed by atoms with van der Waals surface area (Å²) in [5, 5.41) is 12.0. The molecule has 1 fully saturated rings. The number of nitrogens with one attached hydrogen (secondary N) is 1. The molecule has 1 aromatic heterocycles. The number of rotatable bonds is 7. The first-order valence-corrected chi connectivity index (χ1v) is 9.33. The van der Waals surface area contributed by atoms with E-state index in [1.165, 1.54) is 0 Å². The van der Waals surface area contributed by atoms with Crippen molar-refractivity contribution in [3.05, 3.63) is 48.2 Å². The molecule has 0 saturated heterocycles. The Kier molecular flexibility index (Phi) is 6.47. The number of ether oxygens (including phenoxy) is 2. The van der Waals surface area contributed by atoms with Crippen LogP contribution in [0.4, 0.5) is 0 Å². The Morgan fingerprint density at radius 2 is 1.82 bits per heavy atom. The van der Waals surface area contributed by atoms with Crippen LogP contribution in [-0.2, 0) is 16.1 Å². The van der Waals surface area contributed by atoms with Crippen molar-refractivity contribution in [1.82, 2.24) is 10.3 Å². The zero-order valence-corrected chi connectivity index (χ0v) is 15.8. The van der Waals surface area contributed by atoms with Crippen LogP contribution in [0.5, 0.6) is 17.4 Å². The molecular formula is C21H24N2O5. The van der Waals surface area contributed by atoms with Gasteiger partial charge in [0.05, 0.1) is 13.0 Å². The number of pyridine rings is 1. The van der Waals surface area contributed by atoms with E-state index in [9.17, 15) is 9.59 Å². The largest absolute Gasteiger partial charge is 0.497 e. The molecule has 0 bridgehead atoms. The Bertz CT molecular complexity index is 831. The molecule has 0 unspecified atom stereocenters. The van der Waals surface area contributed by atoms with Gasteiger partial charge in [-0.1, -0.05) is 12.1 Å². The lowest BCUT2D eigenvalue weighted by molar-refractivity contribution is -0.144. The van der Waals surface area contributed by atoms with Crippen LogP contribution >= 0.6 is 0 Å². The van der Waals surface area contributed by atoms with Crippen molar-refractivity contribution in [3.8, 4) is 17.4 Å². The molecule has 0 atom stereocenters. The number of hydrogen-bond donors (Lipinski definition) is 2. The SMILES string of the molecule is COc1cccc(Oc2ncccc2CNC(=O)C2CCC(C(=O)O)CC2)c1. The first-order valence-electron chi connectivity index (χ1n) is 9.33. The summed E-state index contributed by atoms with van der Waals surface area (Å²) in [5.41, 5.74) is 0.762. The zero-order chi connectivity index (χ0) is 19.9. The molecule has 7 heteroatoms. The maximum atomic E-state index is 12.5. The monoisotopic (exact) mass is 384 g/mol. The lowest BCUT2D eigenvalue weighted by atomic mass is 9.81. The molecule has 0 radical (unpaired) electrons. The Labute approximate surface area is 163 Å². The van der Waals surface area contributed by atoms with Crippen LogP contribution in [0.2, 0.25) is 0 Å². The average Bonchev–Trinajstić information content (AvgIpc) is 2.73. The molecule has 1 aliphatic rings. The molecule has 2 N–H and O–H groups in total. The molecule has 1 aliphatic carbocycles. The van der Waals surface area contributed by atoms with Gasteiger partial charge in [0.2, 0.25) is 11.8 Å². The molecule has 148 valence electrons. The van der Waals surface area contributed by atoms with Crippen LogP contribution < -0.4 is 14.8 Å². The van der Waals surface area contributed by atoms with Crippen LogP contribution in [0, 0.1) is 11.8 Å². The lowest BCUT2D eigenvalue weighted by Gasteiger charge is -2.25. The Morgan fingerprint density at radius 3 is 2.54 bits per heavy atom. The molecule has 1 heterocycles. The topological polar surface area (TPSA) is 97.8 Å². The number of carboxylic acids is 1. The van der Waals surface area contributed by atoms with Crippen LogP contribution in [0.15, 0.2) is 42.6 Å². The maximum Gasteiger partial charge on any atom is 0.306 e. The third-order valence-electron chi connectivity index (χ3n) is 5.01. The van der Waals surface area contributed by atoms with Gasteiger partial charge in [0.15, 0.2) is 0 Å². The third-order valence-corrected chi connectivity index (χ3v) is 5.01. The highest BCUT2D eigenvalue weighted by Gasteiger charge is 2.29. The number of aliphatic carboxylic acids is 1. The molecule has 2 aromatic rings. The van der Waals surface area contributed by atoms with Crippen molar-refractivity contribution >= 4 is 11.9 Å². The first kappa shape index (κ1) is 19.7. The molecule has 3 rings (SSSR count). The summed E-state index contributed by atoms with van der Waals surface area (Å²) >= 11 is 0. The summed E-state index contributed by atoms with van der Waals surface area (Å²) < 4.78 is 11.1. The van der Waals surface area contributed by atoms with E-state index in [-0.39, 0.29) is 17.7 Å². The molecule has 0 aliphatic heterocycles. The van der Waals surface area contributed by atoms with Gasteiger partial charge in [-0.15, -0.1) is 0 Å². The Morgan fingerprint density at radius 1 is 1.11 bits per heavy atom. The minimum Gasteiger partial charge on any atom is -0.497 e. The summed E-state index contributed by atoms with van der Waals surface area (Å²) in [6.45, 7) is 0.296. The van der Waals surface area contributed by atoms with Gasteiger partial charge in [-0.05, 0) is 43.9 Å². The summed E-state index contributed by atoms with van der Waals surface area (Å²) in [6.07, 6.45) is 3.93. The van der Waals surface area contributed by atoms with E-state index >= 15 is 0 Å². The standard InChI is InChI=1S/C21H24N2O5/c1-27-17-5-2-6-18(12-17)28-20-16(4-3-11-22-20)13-23-19(24)14-7-9-15(10-8-14)21(25)26/h2-6,11-12,14-15H,7-10,13H2,1H3,(H,23,24)(H,25,26). The van der Waals surface area contributed by atoms with Gasteiger partial charge in [-0.3, -0.25) is 9.59 Å². The number of carbonyl (C=O) groups is 2. The van der Waals surface area contributed by atoms with Gasteiger partial charge in [0.1, 0.15) is 11.5 Å². The van der Waals surface area contributed by atoms with Gasteiger partial charge in [0.25, 0.3) is 0 Å². The molecule has 1 amide bonds. The molecule has 28 heavy (non-hydrogen) atoms. The Balaban J connectivity index is 1.59. The summed E-state index contributed by atoms with van der Waals surface area (Å²) in [7, 11) is 1.59. The van der Waals surface area contributed by atoms with Gasteiger partial charge in [-0.2, -0.15) is 0 Å². The maximum absolute atomic E-state index is 12.5. The lowest BCUT2D eigenvalue weighted by Crippen LogP contribution is -2.34. The number of amides is 1. The van der Waals surface area contributed by atoms with E-state index in [1.54, 1.807) is 31.5 Å². The highest BCUT2D eigenvalue weighted by atomic mass is 16.5. The van der Waals surface area contributed by atoms with Gasteiger partial charge in [-0.25, -0.2) is 4.98 Å². The molecule has 1 aromatic carbocycles. The van der Waals surface area contributed by atoms with Crippen molar-refractivity contribution in [2.45, 2.75) is 32.2 Å². The minimum absolute atomic E-state index is 0.0555. The van der Waals surface area contributed by atoms with Crippen LogP contribution in [0.25, 0.3) is 0 Å². The highest BCUT2D eigenvalue weighted by Crippen LogP contribution is 2.30.